The number of carbonyl (C=O) groups is 3. The highest BCUT2D eigenvalue weighted by atomic mass is 16.5. The van der Waals surface area contributed by atoms with Crippen LogP contribution in [0.2, 0.25) is 0 Å². The van der Waals surface area contributed by atoms with E-state index in [1.54, 1.807) is 24.3 Å². The number of carbonyl (C=O) groups excluding carboxylic acids is 3. The second kappa shape index (κ2) is 8.51. The van der Waals surface area contributed by atoms with Gasteiger partial charge in [-0.3, -0.25) is 20.4 Å². The van der Waals surface area contributed by atoms with Crippen molar-refractivity contribution in [3.63, 3.8) is 0 Å². The molecule has 1 aliphatic carbocycles. The van der Waals surface area contributed by atoms with Crippen molar-refractivity contribution in [2.75, 3.05) is 6.61 Å². The Balaban J connectivity index is 2.02. The van der Waals surface area contributed by atoms with Crippen LogP contribution in [0.5, 0.6) is 5.75 Å². The third-order valence-electron chi connectivity index (χ3n) is 4.61. The zero-order valence-electron chi connectivity index (χ0n) is 15.1. The lowest BCUT2D eigenvalue weighted by Crippen LogP contribution is -2.49. The van der Waals surface area contributed by atoms with Crippen LogP contribution in [0.4, 0.5) is 0 Å². The van der Waals surface area contributed by atoms with Crippen molar-refractivity contribution in [2.24, 2.45) is 11.8 Å². The largest absolute Gasteiger partial charge is 0.550 e. The number of hydrogen-bond acceptors (Lipinski definition) is 5. The number of carboxylic acids is 1. The van der Waals surface area contributed by atoms with Gasteiger partial charge in [0.15, 0.2) is 0 Å². The average molecular weight is 359 g/mol. The number of amides is 2. The van der Waals surface area contributed by atoms with Crippen molar-refractivity contribution in [3.8, 4) is 5.75 Å². The van der Waals surface area contributed by atoms with E-state index in [-0.39, 0.29) is 6.42 Å². The van der Waals surface area contributed by atoms with Crippen LogP contribution >= 0.6 is 0 Å². The average Bonchev–Trinajstić information content (AvgIpc) is 2.61. The van der Waals surface area contributed by atoms with Gasteiger partial charge < -0.3 is 14.6 Å². The zero-order valence-corrected chi connectivity index (χ0v) is 15.1. The van der Waals surface area contributed by atoms with Crippen LogP contribution in [0.15, 0.2) is 35.4 Å². The number of benzene rings is 1. The molecule has 0 aliphatic heterocycles. The molecule has 7 heteroatoms. The molecule has 0 saturated carbocycles. The number of nitrogens with one attached hydrogen (secondary N) is 2. The number of hydrogen-bond donors (Lipinski definition) is 2. The summed E-state index contributed by atoms with van der Waals surface area (Å²) in [4.78, 5) is 36.0. The second-order valence-corrected chi connectivity index (χ2v) is 6.41. The molecule has 0 bridgehead atoms. The van der Waals surface area contributed by atoms with Crippen LogP contribution in [-0.2, 0) is 9.59 Å². The smallest absolute Gasteiger partial charge is 0.269 e. The number of allylic oxidation sites excluding steroid dienone is 2. The molecule has 2 atom stereocenters. The molecule has 2 amide bonds. The minimum atomic E-state index is -1.26. The molecule has 0 saturated heterocycles. The standard InChI is InChI=1S/C19H24N2O5/c1-4-26-14-7-5-6-13(10-14)17(22)20-21-18(23)15-8-11(2)12(3)9-16(15)19(24)25/h5-7,10,15-16H,4,8-9H2,1-3H3,(H,20,22)(H,21,23)(H,24,25)/p-1/t15-,16-/m0/s1. The highest BCUT2D eigenvalue weighted by Gasteiger charge is 2.33. The summed E-state index contributed by atoms with van der Waals surface area (Å²) >= 11 is 0. The van der Waals surface area contributed by atoms with E-state index in [2.05, 4.69) is 10.9 Å². The fraction of sp³-hybridized carbons (Fsp3) is 0.421. The van der Waals surface area contributed by atoms with E-state index in [1.165, 1.54) is 0 Å². The zero-order chi connectivity index (χ0) is 19.3. The Morgan fingerprint density at radius 2 is 1.77 bits per heavy atom. The summed E-state index contributed by atoms with van der Waals surface area (Å²) in [6.45, 7) is 6.04. The van der Waals surface area contributed by atoms with E-state index < -0.39 is 29.6 Å². The molecular formula is C19H23N2O5-. The first-order chi connectivity index (χ1) is 12.3. The molecule has 0 aromatic heterocycles. The molecule has 1 aromatic carbocycles. The summed E-state index contributed by atoms with van der Waals surface area (Å²) in [6, 6.07) is 6.55. The molecule has 0 unspecified atom stereocenters. The van der Waals surface area contributed by atoms with Gasteiger partial charge in [-0.1, -0.05) is 17.2 Å². The van der Waals surface area contributed by atoms with Gasteiger partial charge in [0.1, 0.15) is 5.75 Å². The Morgan fingerprint density at radius 3 is 2.38 bits per heavy atom. The topological polar surface area (TPSA) is 108 Å². The van der Waals surface area contributed by atoms with Gasteiger partial charge in [-0.15, -0.1) is 0 Å². The quantitative estimate of drug-likeness (QED) is 0.601. The van der Waals surface area contributed by atoms with Gasteiger partial charge in [0.2, 0.25) is 5.91 Å². The van der Waals surface area contributed by atoms with Crippen LogP contribution in [-0.4, -0.2) is 24.4 Å². The number of rotatable bonds is 5. The van der Waals surface area contributed by atoms with Gasteiger partial charge in [0.05, 0.1) is 12.5 Å². The molecule has 140 valence electrons. The third kappa shape index (κ3) is 4.62. The number of aliphatic carboxylic acids is 1. The van der Waals surface area contributed by atoms with Gasteiger partial charge in [-0.05, 0) is 51.8 Å². The predicted octanol–water partition coefficient (Wildman–Crippen LogP) is 0.959. The molecule has 0 radical (unpaired) electrons. The first-order valence-electron chi connectivity index (χ1n) is 8.52. The first-order valence-corrected chi connectivity index (χ1v) is 8.52. The number of carboxylic acid groups (broad SMARTS) is 1. The summed E-state index contributed by atoms with van der Waals surface area (Å²) in [5, 5.41) is 11.4. The van der Waals surface area contributed by atoms with E-state index in [0.29, 0.717) is 24.3 Å². The van der Waals surface area contributed by atoms with Gasteiger partial charge >= 0.3 is 0 Å². The maximum atomic E-state index is 12.4. The molecule has 1 aromatic rings. The van der Waals surface area contributed by atoms with Crippen molar-refractivity contribution in [1.82, 2.24) is 10.9 Å². The summed E-state index contributed by atoms with van der Waals surface area (Å²) in [7, 11) is 0. The normalized spacial score (nSPS) is 19.7. The summed E-state index contributed by atoms with van der Waals surface area (Å²) in [5.74, 6) is -3.44. The Hall–Kier alpha value is -2.83. The Kier molecular flexibility index (Phi) is 6.38. The molecule has 0 heterocycles. The van der Waals surface area contributed by atoms with Crippen LogP contribution in [0.1, 0.15) is 44.0 Å². The lowest BCUT2D eigenvalue weighted by atomic mass is 9.76. The van der Waals surface area contributed by atoms with Gasteiger partial charge in [0, 0.05) is 17.5 Å². The fourth-order valence-electron chi connectivity index (χ4n) is 2.99. The Labute approximate surface area is 152 Å². The minimum absolute atomic E-state index is 0.274. The minimum Gasteiger partial charge on any atom is -0.550 e. The predicted molar refractivity (Wildman–Crippen MR) is 92.8 cm³/mol. The van der Waals surface area contributed by atoms with Gasteiger partial charge in [0.25, 0.3) is 5.91 Å². The second-order valence-electron chi connectivity index (χ2n) is 6.41. The highest BCUT2D eigenvalue weighted by Crippen LogP contribution is 2.33. The third-order valence-corrected chi connectivity index (χ3v) is 4.61. The molecule has 1 aliphatic rings. The van der Waals surface area contributed by atoms with E-state index >= 15 is 0 Å². The molecule has 2 N–H and O–H groups in total. The summed E-state index contributed by atoms with van der Waals surface area (Å²) in [5.41, 5.74) is 6.92. The molecule has 0 spiro atoms. The lowest BCUT2D eigenvalue weighted by Gasteiger charge is -2.32. The van der Waals surface area contributed by atoms with Gasteiger partial charge in [-0.25, -0.2) is 0 Å². The van der Waals surface area contributed by atoms with E-state index in [1.807, 2.05) is 20.8 Å². The molecule has 0 fully saturated rings. The van der Waals surface area contributed by atoms with Crippen molar-refractivity contribution in [3.05, 3.63) is 41.0 Å². The monoisotopic (exact) mass is 359 g/mol. The van der Waals surface area contributed by atoms with Crippen molar-refractivity contribution in [1.29, 1.82) is 0 Å². The van der Waals surface area contributed by atoms with E-state index in [0.717, 1.165) is 11.1 Å². The van der Waals surface area contributed by atoms with Crippen molar-refractivity contribution >= 4 is 17.8 Å². The molecule has 2 rings (SSSR count). The maximum absolute atomic E-state index is 12.4. The van der Waals surface area contributed by atoms with Crippen LogP contribution in [0.3, 0.4) is 0 Å². The van der Waals surface area contributed by atoms with Crippen LogP contribution in [0, 0.1) is 11.8 Å². The van der Waals surface area contributed by atoms with Crippen LogP contribution < -0.4 is 20.7 Å². The Bertz CT molecular complexity index is 741. The first kappa shape index (κ1) is 19.5. The number of hydrazine groups is 1. The van der Waals surface area contributed by atoms with E-state index in [4.69, 9.17) is 4.74 Å². The number of ether oxygens (including phenoxy) is 1. The Morgan fingerprint density at radius 1 is 1.12 bits per heavy atom. The van der Waals surface area contributed by atoms with Crippen molar-refractivity contribution < 1.29 is 24.2 Å². The van der Waals surface area contributed by atoms with Gasteiger partial charge in [-0.2, -0.15) is 0 Å². The SMILES string of the molecule is CCOc1cccc(C(=O)NNC(=O)[C@H]2CC(C)=C(C)C[C@@H]2C(=O)[O-])c1. The van der Waals surface area contributed by atoms with E-state index in [9.17, 15) is 19.5 Å². The molecule has 7 nitrogen and oxygen atoms in total. The lowest BCUT2D eigenvalue weighted by molar-refractivity contribution is -0.313. The van der Waals surface area contributed by atoms with Crippen molar-refractivity contribution in [2.45, 2.75) is 33.6 Å². The summed E-state index contributed by atoms with van der Waals surface area (Å²) < 4.78 is 5.34. The fourth-order valence-corrected chi connectivity index (χ4v) is 2.99. The molecular weight excluding hydrogens is 336 g/mol. The maximum Gasteiger partial charge on any atom is 0.269 e. The summed E-state index contributed by atoms with van der Waals surface area (Å²) in [6.07, 6.45) is 0.600. The molecule has 26 heavy (non-hydrogen) atoms. The highest BCUT2D eigenvalue weighted by molar-refractivity contribution is 5.96. The van der Waals surface area contributed by atoms with Crippen LogP contribution in [0.25, 0.3) is 0 Å².